The molecular weight excluding hydrogens is 218 g/mol. The van der Waals surface area contributed by atoms with Crippen molar-refractivity contribution in [3.63, 3.8) is 0 Å². The molecule has 0 saturated carbocycles. The first-order valence-corrected chi connectivity index (χ1v) is 5.63. The lowest BCUT2D eigenvalue weighted by atomic mass is 9.96. The second kappa shape index (κ2) is 6.37. The number of rotatable bonds is 6. The first-order chi connectivity index (χ1) is 8.08. The highest BCUT2D eigenvalue weighted by atomic mass is 16.5. The lowest BCUT2D eigenvalue weighted by Gasteiger charge is -2.13. The largest absolute Gasteiger partial charge is 0.481 e. The molecule has 0 spiro atoms. The minimum absolute atomic E-state index is 0.110. The highest BCUT2D eigenvalue weighted by Gasteiger charge is 2.18. The van der Waals surface area contributed by atoms with Crippen molar-refractivity contribution < 1.29 is 14.6 Å². The number of methoxy groups -OCH3 is 1. The Morgan fingerprint density at radius 2 is 2.24 bits per heavy atom. The number of nitrogens with two attached hydrogens (primary N) is 1. The highest BCUT2D eigenvalue weighted by Crippen LogP contribution is 2.17. The Kier molecular flexibility index (Phi) is 5.12. The van der Waals surface area contributed by atoms with E-state index in [1.807, 2.05) is 25.1 Å². The maximum atomic E-state index is 11.0. The molecule has 4 heteroatoms. The lowest BCUT2D eigenvalue weighted by molar-refractivity contribution is -0.138. The second-order valence-corrected chi connectivity index (χ2v) is 4.12. The number of benzene rings is 1. The molecule has 0 heterocycles. The molecule has 2 atom stereocenters. The van der Waals surface area contributed by atoms with Crippen LogP contribution in [-0.4, -0.2) is 30.8 Å². The number of carboxylic acid groups (broad SMARTS) is 1. The number of ether oxygens (including phenoxy) is 1. The number of carbonyl (C=O) groups is 1. The van der Waals surface area contributed by atoms with Crippen molar-refractivity contribution in [3.8, 4) is 0 Å². The van der Waals surface area contributed by atoms with Crippen LogP contribution in [0.3, 0.4) is 0 Å². The summed E-state index contributed by atoms with van der Waals surface area (Å²) in [4.78, 5) is 11.0. The van der Waals surface area contributed by atoms with Crippen molar-refractivity contribution in [2.24, 2.45) is 5.73 Å². The Balaban J connectivity index is 2.88. The molecule has 1 aromatic rings. The smallest absolute Gasteiger partial charge is 0.312 e. The number of hydrogen-bond donors (Lipinski definition) is 2. The quantitative estimate of drug-likeness (QED) is 0.784. The van der Waals surface area contributed by atoms with Crippen LogP contribution >= 0.6 is 0 Å². The van der Waals surface area contributed by atoms with Gasteiger partial charge in [0.15, 0.2) is 0 Å². The fourth-order valence-corrected chi connectivity index (χ4v) is 1.73. The zero-order chi connectivity index (χ0) is 12.8. The normalized spacial score (nSPS) is 14.3. The van der Waals surface area contributed by atoms with E-state index in [9.17, 15) is 4.79 Å². The van der Waals surface area contributed by atoms with Crippen LogP contribution < -0.4 is 5.73 Å². The Morgan fingerprint density at radius 1 is 1.53 bits per heavy atom. The third kappa shape index (κ3) is 3.84. The number of aliphatic carboxylic acids is 1. The maximum absolute atomic E-state index is 11.0. The van der Waals surface area contributed by atoms with Crippen LogP contribution in [0, 0.1) is 0 Å². The van der Waals surface area contributed by atoms with Crippen LogP contribution in [0.4, 0.5) is 0 Å². The predicted octanol–water partition coefficient (Wildman–Crippen LogP) is 1.39. The van der Waals surface area contributed by atoms with Gasteiger partial charge in [-0.2, -0.15) is 0 Å². The molecule has 0 radical (unpaired) electrons. The molecule has 0 fully saturated rings. The second-order valence-electron chi connectivity index (χ2n) is 4.12. The molecule has 1 aromatic carbocycles. The third-order valence-electron chi connectivity index (χ3n) is 2.81. The summed E-state index contributed by atoms with van der Waals surface area (Å²) in [5, 5.41) is 9.04. The minimum Gasteiger partial charge on any atom is -0.481 e. The number of carboxylic acids is 1. The molecule has 0 aliphatic heterocycles. The van der Waals surface area contributed by atoms with Gasteiger partial charge in [-0.3, -0.25) is 4.79 Å². The number of hydrogen-bond acceptors (Lipinski definition) is 3. The Morgan fingerprint density at radius 3 is 2.76 bits per heavy atom. The molecular formula is C13H19NO3. The van der Waals surface area contributed by atoms with Crippen molar-refractivity contribution in [2.75, 3.05) is 13.7 Å². The van der Waals surface area contributed by atoms with E-state index in [0.29, 0.717) is 0 Å². The summed E-state index contributed by atoms with van der Waals surface area (Å²) in [6.07, 6.45) is 0.882. The molecule has 0 bridgehead atoms. The molecule has 0 aliphatic carbocycles. The van der Waals surface area contributed by atoms with Crippen molar-refractivity contribution in [2.45, 2.75) is 25.4 Å². The van der Waals surface area contributed by atoms with Gasteiger partial charge in [0.2, 0.25) is 0 Å². The van der Waals surface area contributed by atoms with Crippen LogP contribution in [0.15, 0.2) is 24.3 Å². The zero-order valence-corrected chi connectivity index (χ0v) is 10.2. The van der Waals surface area contributed by atoms with Crippen molar-refractivity contribution >= 4 is 5.97 Å². The van der Waals surface area contributed by atoms with Gasteiger partial charge in [0.25, 0.3) is 0 Å². The Bertz CT molecular complexity index is 379. The van der Waals surface area contributed by atoms with Gasteiger partial charge in [0, 0.05) is 13.7 Å². The first kappa shape index (κ1) is 13.7. The van der Waals surface area contributed by atoms with E-state index in [-0.39, 0.29) is 12.6 Å². The molecule has 3 N–H and O–H groups in total. The average Bonchev–Trinajstić information content (AvgIpc) is 2.30. The van der Waals surface area contributed by atoms with Crippen molar-refractivity contribution in [3.05, 3.63) is 35.4 Å². The molecule has 0 saturated heterocycles. The lowest BCUT2D eigenvalue weighted by Crippen LogP contribution is -2.21. The fourth-order valence-electron chi connectivity index (χ4n) is 1.73. The fraction of sp³-hybridized carbons (Fsp3) is 0.462. The van der Waals surface area contributed by atoms with Gasteiger partial charge in [0.1, 0.15) is 0 Å². The van der Waals surface area contributed by atoms with Crippen LogP contribution in [0.25, 0.3) is 0 Å². The summed E-state index contributed by atoms with van der Waals surface area (Å²) in [5.74, 6) is -1.52. The van der Waals surface area contributed by atoms with Gasteiger partial charge in [-0.15, -0.1) is 0 Å². The average molecular weight is 237 g/mol. The first-order valence-electron chi connectivity index (χ1n) is 5.63. The molecule has 17 heavy (non-hydrogen) atoms. The van der Waals surface area contributed by atoms with E-state index in [1.54, 1.807) is 13.2 Å². The van der Waals surface area contributed by atoms with E-state index in [0.717, 1.165) is 17.5 Å². The zero-order valence-electron chi connectivity index (χ0n) is 10.2. The van der Waals surface area contributed by atoms with E-state index in [4.69, 9.17) is 15.6 Å². The van der Waals surface area contributed by atoms with E-state index < -0.39 is 11.9 Å². The third-order valence-corrected chi connectivity index (χ3v) is 2.81. The van der Waals surface area contributed by atoms with Gasteiger partial charge in [-0.1, -0.05) is 24.3 Å². The van der Waals surface area contributed by atoms with Gasteiger partial charge in [0.05, 0.1) is 12.0 Å². The molecule has 1 rings (SSSR count). The van der Waals surface area contributed by atoms with Crippen LogP contribution in [-0.2, 0) is 16.0 Å². The Hall–Kier alpha value is -1.39. The SMILES string of the molecule is COC(C)Cc1cccc(C(CN)C(=O)O)c1. The van der Waals surface area contributed by atoms with Gasteiger partial charge >= 0.3 is 5.97 Å². The summed E-state index contributed by atoms with van der Waals surface area (Å²) in [5.41, 5.74) is 7.29. The van der Waals surface area contributed by atoms with E-state index in [2.05, 4.69) is 0 Å². The minimum atomic E-state index is -0.885. The molecule has 0 aromatic heterocycles. The van der Waals surface area contributed by atoms with Gasteiger partial charge < -0.3 is 15.6 Å². The molecule has 94 valence electrons. The van der Waals surface area contributed by atoms with Crippen LogP contribution in [0.5, 0.6) is 0 Å². The summed E-state index contributed by atoms with van der Waals surface area (Å²) in [7, 11) is 1.66. The maximum Gasteiger partial charge on any atom is 0.312 e. The highest BCUT2D eigenvalue weighted by molar-refractivity contribution is 5.76. The Labute approximate surface area is 101 Å². The standard InChI is InChI=1S/C13H19NO3/c1-9(17-2)6-10-4-3-5-11(7-10)12(8-14)13(15)16/h3-5,7,9,12H,6,8,14H2,1-2H3,(H,15,16). The molecule has 0 aliphatic rings. The van der Waals surface area contributed by atoms with Gasteiger partial charge in [-0.25, -0.2) is 0 Å². The van der Waals surface area contributed by atoms with Gasteiger partial charge in [-0.05, 0) is 24.5 Å². The van der Waals surface area contributed by atoms with E-state index >= 15 is 0 Å². The molecule has 0 amide bonds. The van der Waals surface area contributed by atoms with Crippen LogP contribution in [0.2, 0.25) is 0 Å². The summed E-state index contributed by atoms with van der Waals surface area (Å²) in [6, 6.07) is 7.51. The van der Waals surface area contributed by atoms with E-state index in [1.165, 1.54) is 0 Å². The van der Waals surface area contributed by atoms with Crippen molar-refractivity contribution in [1.29, 1.82) is 0 Å². The topological polar surface area (TPSA) is 72.5 Å². The summed E-state index contributed by atoms with van der Waals surface area (Å²) in [6.45, 7) is 2.09. The van der Waals surface area contributed by atoms with Crippen molar-refractivity contribution in [1.82, 2.24) is 0 Å². The van der Waals surface area contributed by atoms with Crippen LogP contribution in [0.1, 0.15) is 24.0 Å². The summed E-state index contributed by atoms with van der Waals surface area (Å²) < 4.78 is 5.19. The molecule has 2 unspecified atom stereocenters. The molecule has 4 nitrogen and oxygen atoms in total. The predicted molar refractivity (Wildman–Crippen MR) is 66.0 cm³/mol. The monoisotopic (exact) mass is 237 g/mol. The summed E-state index contributed by atoms with van der Waals surface area (Å²) >= 11 is 0.